The van der Waals surface area contributed by atoms with Crippen molar-refractivity contribution >= 4 is 23.3 Å². The van der Waals surface area contributed by atoms with E-state index in [1.165, 1.54) is 6.08 Å². The third-order valence-corrected chi connectivity index (χ3v) is 3.55. The zero-order valence-corrected chi connectivity index (χ0v) is 11.8. The van der Waals surface area contributed by atoms with Crippen LogP contribution in [0, 0.1) is 0 Å². The van der Waals surface area contributed by atoms with Crippen LogP contribution in [0.3, 0.4) is 0 Å². The van der Waals surface area contributed by atoms with Gasteiger partial charge in [0.1, 0.15) is 5.69 Å². The van der Waals surface area contributed by atoms with Crippen molar-refractivity contribution in [3.63, 3.8) is 0 Å². The zero-order valence-electron chi connectivity index (χ0n) is 11.0. The summed E-state index contributed by atoms with van der Waals surface area (Å²) < 4.78 is 10.4. The Morgan fingerprint density at radius 2 is 2.29 bits per heavy atom. The summed E-state index contributed by atoms with van der Waals surface area (Å²) in [5.74, 6) is 0.974. The number of furan rings is 1. The van der Waals surface area contributed by atoms with E-state index >= 15 is 0 Å². The van der Waals surface area contributed by atoms with Gasteiger partial charge in [0, 0.05) is 17.0 Å². The number of hydrogen-bond donors (Lipinski definition) is 1. The van der Waals surface area contributed by atoms with Crippen LogP contribution in [0.15, 0.2) is 57.0 Å². The van der Waals surface area contributed by atoms with Crippen molar-refractivity contribution in [2.45, 2.75) is 6.54 Å². The minimum absolute atomic E-state index is 0.175. The van der Waals surface area contributed by atoms with Crippen molar-refractivity contribution in [3.8, 4) is 11.5 Å². The smallest absolute Gasteiger partial charge is 0.244 e. The monoisotopic (exact) mass is 300 g/mol. The molecule has 0 aliphatic rings. The highest BCUT2D eigenvalue weighted by atomic mass is 32.1. The van der Waals surface area contributed by atoms with E-state index in [9.17, 15) is 4.79 Å². The van der Waals surface area contributed by atoms with Gasteiger partial charge in [-0.25, -0.2) is 0 Å². The van der Waals surface area contributed by atoms with Crippen LogP contribution in [-0.2, 0) is 11.3 Å². The van der Waals surface area contributed by atoms with E-state index in [-0.39, 0.29) is 5.91 Å². The molecule has 0 saturated carbocycles. The standard InChI is InChI=1S/C15H12N2O3S/c18-15(6-5-12-3-2-8-21-12)16-10-11-9-14(20-17-11)13-4-1-7-19-13/h1-9H,10H2,(H,16,18). The molecule has 1 N–H and O–H groups in total. The molecule has 21 heavy (non-hydrogen) atoms. The molecule has 106 valence electrons. The van der Waals surface area contributed by atoms with E-state index < -0.39 is 0 Å². The molecule has 0 fully saturated rings. The normalized spacial score (nSPS) is 11.0. The summed E-state index contributed by atoms with van der Waals surface area (Å²) in [7, 11) is 0. The Morgan fingerprint density at radius 3 is 3.05 bits per heavy atom. The largest absolute Gasteiger partial charge is 0.461 e. The molecule has 3 heterocycles. The second-order valence-corrected chi connectivity index (χ2v) is 5.21. The van der Waals surface area contributed by atoms with Gasteiger partial charge in [-0.2, -0.15) is 0 Å². The SMILES string of the molecule is O=C(C=Cc1cccs1)NCc1cc(-c2ccco2)on1. The molecule has 0 saturated heterocycles. The van der Waals surface area contributed by atoms with Gasteiger partial charge in [0.15, 0.2) is 5.76 Å². The summed E-state index contributed by atoms with van der Waals surface area (Å²) in [5, 5.41) is 8.59. The van der Waals surface area contributed by atoms with Crippen LogP contribution in [0.4, 0.5) is 0 Å². The molecule has 6 heteroatoms. The number of nitrogens with one attached hydrogen (secondary N) is 1. The van der Waals surface area contributed by atoms with Gasteiger partial charge in [-0.05, 0) is 29.7 Å². The summed E-state index contributed by atoms with van der Waals surface area (Å²) in [6.07, 6.45) is 4.84. The lowest BCUT2D eigenvalue weighted by molar-refractivity contribution is -0.116. The second-order valence-electron chi connectivity index (χ2n) is 4.23. The summed E-state index contributed by atoms with van der Waals surface area (Å²) in [5.41, 5.74) is 0.638. The van der Waals surface area contributed by atoms with Gasteiger partial charge in [-0.3, -0.25) is 4.79 Å². The first-order valence-corrected chi connectivity index (χ1v) is 7.18. The quantitative estimate of drug-likeness (QED) is 0.734. The molecule has 0 spiro atoms. The van der Waals surface area contributed by atoms with Crippen molar-refractivity contribution < 1.29 is 13.7 Å². The molecule has 3 rings (SSSR count). The molecule has 0 aliphatic heterocycles. The molecule has 0 atom stereocenters. The van der Waals surface area contributed by atoms with E-state index in [1.54, 1.807) is 41.9 Å². The molecule has 0 aliphatic carbocycles. The zero-order chi connectivity index (χ0) is 14.5. The number of carbonyl (C=O) groups is 1. The Labute approximate surface area is 124 Å². The minimum Gasteiger partial charge on any atom is -0.461 e. The first-order chi connectivity index (χ1) is 10.3. The van der Waals surface area contributed by atoms with Crippen LogP contribution in [0.25, 0.3) is 17.6 Å². The number of thiophene rings is 1. The molecule has 3 aromatic heterocycles. The van der Waals surface area contributed by atoms with Gasteiger partial charge in [-0.1, -0.05) is 11.2 Å². The van der Waals surface area contributed by atoms with Crippen LogP contribution < -0.4 is 5.32 Å². The van der Waals surface area contributed by atoms with Gasteiger partial charge in [-0.15, -0.1) is 11.3 Å². The van der Waals surface area contributed by atoms with Crippen LogP contribution >= 0.6 is 11.3 Å². The van der Waals surface area contributed by atoms with Gasteiger partial charge in [0.2, 0.25) is 11.7 Å². The third kappa shape index (κ3) is 3.49. The molecule has 0 unspecified atom stereocenters. The fourth-order valence-corrected chi connectivity index (χ4v) is 2.33. The maximum absolute atomic E-state index is 11.7. The summed E-state index contributed by atoms with van der Waals surface area (Å²) >= 11 is 1.58. The lowest BCUT2D eigenvalue weighted by Crippen LogP contribution is -2.20. The van der Waals surface area contributed by atoms with E-state index in [2.05, 4.69) is 10.5 Å². The van der Waals surface area contributed by atoms with Crippen molar-refractivity contribution in [1.82, 2.24) is 10.5 Å². The van der Waals surface area contributed by atoms with Gasteiger partial charge < -0.3 is 14.3 Å². The van der Waals surface area contributed by atoms with Crippen molar-refractivity contribution in [2.75, 3.05) is 0 Å². The fourth-order valence-electron chi connectivity index (χ4n) is 1.71. The van der Waals surface area contributed by atoms with Crippen LogP contribution in [-0.4, -0.2) is 11.1 Å². The highest BCUT2D eigenvalue weighted by Crippen LogP contribution is 2.20. The third-order valence-electron chi connectivity index (χ3n) is 2.71. The van der Waals surface area contributed by atoms with Crippen LogP contribution in [0.2, 0.25) is 0 Å². The predicted octanol–water partition coefficient (Wildman–Crippen LogP) is 3.33. The molecule has 0 radical (unpaired) electrons. The Bertz CT molecular complexity index is 727. The highest BCUT2D eigenvalue weighted by Gasteiger charge is 2.09. The number of nitrogens with zero attached hydrogens (tertiary/aromatic N) is 1. The van der Waals surface area contributed by atoms with Gasteiger partial charge >= 0.3 is 0 Å². The lowest BCUT2D eigenvalue weighted by atomic mass is 10.3. The number of rotatable bonds is 5. The average molecular weight is 300 g/mol. The number of hydrogen-bond acceptors (Lipinski definition) is 5. The minimum atomic E-state index is -0.175. The highest BCUT2D eigenvalue weighted by molar-refractivity contribution is 7.10. The maximum Gasteiger partial charge on any atom is 0.244 e. The Morgan fingerprint density at radius 1 is 1.33 bits per heavy atom. The van der Waals surface area contributed by atoms with E-state index in [1.807, 2.05) is 17.5 Å². The Balaban J connectivity index is 1.54. The number of amides is 1. The van der Waals surface area contributed by atoms with Crippen molar-refractivity contribution in [1.29, 1.82) is 0 Å². The molecule has 3 aromatic rings. The Hall–Kier alpha value is -2.60. The molecule has 5 nitrogen and oxygen atoms in total. The summed E-state index contributed by atoms with van der Waals surface area (Å²) in [6, 6.07) is 9.18. The van der Waals surface area contributed by atoms with E-state index in [0.29, 0.717) is 23.8 Å². The topological polar surface area (TPSA) is 68.3 Å². The molecule has 0 aromatic carbocycles. The first kappa shape index (κ1) is 13.4. The lowest BCUT2D eigenvalue weighted by Gasteiger charge is -1.96. The van der Waals surface area contributed by atoms with E-state index in [4.69, 9.17) is 8.94 Å². The average Bonchev–Trinajstić information content (AvgIpc) is 3.24. The second kappa shape index (κ2) is 6.23. The predicted molar refractivity (Wildman–Crippen MR) is 79.4 cm³/mol. The molecule has 1 amide bonds. The Kier molecular flexibility index (Phi) is 3.97. The fraction of sp³-hybridized carbons (Fsp3) is 0.0667. The van der Waals surface area contributed by atoms with Crippen LogP contribution in [0.5, 0.6) is 0 Å². The molecular weight excluding hydrogens is 288 g/mol. The summed E-state index contributed by atoms with van der Waals surface area (Å²) in [6.45, 7) is 0.303. The van der Waals surface area contributed by atoms with Gasteiger partial charge in [0.25, 0.3) is 0 Å². The van der Waals surface area contributed by atoms with Crippen LogP contribution in [0.1, 0.15) is 10.6 Å². The maximum atomic E-state index is 11.7. The summed E-state index contributed by atoms with van der Waals surface area (Å²) in [4.78, 5) is 12.7. The van der Waals surface area contributed by atoms with Crippen molar-refractivity contribution in [2.24, 2.45) is 0 Å². The molecule has 0 bridgehead atoms. The molecular formula is C15H12N2O3S. The number of carbonyl (C=O) groups excluding carboxylic acids is 1. The van der Waals surface area contributed by atoms with Gasteiger partial charge in [0.05, 0.1) is 12.8 Å². The van der Waals surface area contributed by atoms with Crippen molar-refractivity contribution in [3.05, 3.63) is 58.6 Å². The number of aromatic nitrogens is 1. The first-order valence-electron chi connectivity index (χ1n) is 6.30. The van der Waals surface area contributed by atoms with E-state index in [0.717, 1.165) is 4.88 Å².